The molecule has 3 aromatic rings. The molecule has 0 heterocycles. The van der Waals surface area contributed by atoms with Crippen LogP contribution in [-0.2, 0) is 26.2 Å². The molecule has 3 rings (SSSR count). The lowest BCUT2D eigenvalue weighted by Gasteiger charge is -2.34. The van der Waals surface area contributed by atoms with Gasteiger partial charge in [-0.05, 0) is 63.6 Å². The van der Waals surface area contributed by atoms with Gasteiger partial charge in [-0.3, -0.25) is 13.9 Å². The summed E-state index contributed by atoms with van der Waals surface area (Å²) < 4.78 is 34.3. The van der Waals surface area contributed by atoms with E-state index >= 15 is 0 Å². The van der Waals surface area contributed by atoms with Crippen LogP contribution in [-0.4, -0.2) is 50.9 Å². The molecule has 2 amide bonds. The highest BCUT2D eigenvalue weighted by atomic mass is 35.5. The highest BCUT2D eigenvalue weighted by Gasteiger charge is 2.34. The summed E-state index contributed by atoms with van der Waals surface area (Å²) in [6.07, 6.45) is 0.274. The highest BCUT2D eigenvalue weighted by molar-refractivity contribution is 7.92. The lowest BCUT2D eigenvalue weighted by Crippen LogP contribution is -2.53. The predicted octanol–water partition coefficient (Wildman–Crippen LogP) is 5.84. The molecule has 0 saturated heterocycles. The van der Waals surface area contributed by atoms with E-state index < -0.39 is 28.5 Å². The molecule has 0 aromatic heterocycles. The minimum Gasteiger partial charge on any atom is -0.497 e. The van der Waals surface area contributed by atoms with E-state index in [0.717, 1.165) is 9.87 Å². The number of methoxy groups -OCH3 is 1. The standard InChI is InChI=1S/C30H35Cl2N3O5S/c1-6-28(30(37)33-20(2)3)34(18-25-26(31)11-8-12-27(25)32)29(36)19-35(22-9-7-10-23(17-22)40-5)41(38,39)24-15-13-21(4)14-16-24/h7-17,20,28H,6,18-19H2,1-5H3,(H,33,37)/t28-/m0/s1. The summed E-state index contributed by atoms with van der Waals surface area (Å²) >= 11 is 12.9. The second-order valence-electron chi connectivity index (χ2n) is 9.84. The van der Waals surface area contributed by atoms with Gasteiger partial charge in [0.1, 0.15) is 18.3 Å². The number of carbonyl (C=O) groups is 2. The molecule has 1 atom stereocenters. The first-order chi connectivity index (χ1) is 19.4. The van der Waals surface area contributed by atoms with E-state index in [1.165, 1.54) is 30.2 Å². The molecule has 0 saturated carbocycles. The molecule has 3 aromatic carbocycles. The zero-order valence-electron chi connectivity index (χ0n) is 23.7. The molecule has 220 valence electrons. The number of hydrogen-bond donors (Lipinski definition) is 1. The van der Waals surface area contributed by atoms with Gasteiger partial charge in [0.2, 0.25) is 11.8 Å². The molecule has 0 radical (unpaired) electrons. The minimum atomic E-state index is -4.21. The van der Waals surface area contributed by atoms with Crippen molar-refractivity contribution in [1.82, 2.24) is 10.2 Å². The van der Waals surface area contributed by atoms with Crippen molar-refractivity contribution < 1.29 is 22.7 Å². The summed E-state index contributed by atoms with van der Waals surface area (Å²) in [7, 11) is -2.74. The molecule has 0 bridgehead atoms. The molecule has 0 unspecified atom stereocenters. The second-order valence-corrected chi connectivity index (χ2v) is 12.5. The minimum absolute atomic E-state index is 0.0176. The number of halogens is 2. The highest BCUT2D eigenvalue weighted by Crippen LogP contribution is 2.30. The van der Waals surface area contributed by atoms with Crippen LogP contribution >= 0.6 is 23.2 Å². The predicted molar refractivity (Wildman–Crippen MR) is 163 cm³/mol. The Bertz CT molecular complexity index is 1460. The number of benzene rings is 3. The fourth-order valence-electron chi connectivity index (χ4n) is 4.29. The van der Waals surface area contributed by atoms with Crippen LogP contribution < -0.4 is 14.4 Å². The van der Waals surface area contributed by atoms with Crippen LogP contribution in [0, 0.1) is 6.92 Å². The van der Waals surface area contributed by atoms with E-state index in [1.807, 2.05) is 20.8 Å². The Hall–Kier alpha value is -3.27. The van der Waals surface area contributed by atoms with Crippen molar-refractivity contribution in [1.29, 1.82) is 0 Å². The first-order valence-electron chi connectivity index (χ1n) is 13.1. The van der Waals surface area contributed by atoms with Gasteiger partial charge in [0, 0.05) is 34.3 Å². The summed E-state index contributed by atoms with van der Waals surface area (Å²) in [6, 6.07) is 16.7. The Morgan fingerprint density at radius 2 is 1.59 bits per heavy atom. The maximum absolute atomic E-state index is 14.2. The van der Waals surface area contributed by atoms with Crippen LogP contribution in [0.2, 0.25) is 10.0 Å². The molecular formula is C30H35Cl2N3O5S. The van der Waals surface area contributed by atoms with Gasteiger partial charge in [-0.2, -0.15) is 0 Å². The summed E-state index contributed by atoms with van der Waals surface area (Å²) in [5.41, 5.74) is 1.57. The van der Waals surface area contributed by atoms with Crippen molar-refractivity contribution in [2.45, 2.75) is 57.6 Å². The molecule has 0 aliphatic rings. The average molecular weight is 621 g/mol. The van der Waals surface area contributed by atoms with Crippen molar-refractivity contribution in [3.8, 4) is 5.75 Å². The third-order valence-corrected chi connectivity index (χ3v) is 8.93. The van der Waals surface area contributed by atoms with Gasteiger partial charge < -0.3 is 15.0 Å². The Kier molecular flexibility index (Phi) is 11.1. The number of amides is 2. The molecule has 41 heavy (non-hydrogen) atoms. The zero-order chi connectivity index (χ0) is 30.3. The van der Waals surface area contributed by atoms with E-state index in [0.29, 0.717) is 21.4 Å². The third-order valence-electron chi connectivity index (χ3n) is 6.44. The number of carbonyl (C=O) groups excluding carboxylic acids is 2. The normalized spacial score (nSPS) is 12.1. The number of nitrogens with zero attached hydrogens (tertiary/aromatic N) is 2. The van der Waals surface area contributed by atoms with Gasteiger partial charge in [-0.1, -0.05) is 60.0 Å². The molecule has 0 aliphatic heterocycles. The van der Waals surface area contributed by atoms with E-state index in [4.69, 9.17) is 27.9 Å². The van der Waals surface area contributed by atoms with E-state index in [1.54, 1.807) is 55.5 Å². The number of sulfonamides is 1. The van der Waals surface area contributed by atoms with Crippen molar-refractivity contribution in [2.75, 3.05) is 18.0 Å². The number of rotatable bonds is 12. The monoisotopic (exact) mass is 619 g/mol. The van der Waals surface area contributed by atoms with Gasteiger partial charge >= 0.3 is 0 Å². The summed E-state index contributed by atoms with van der Waals surface area (Å²) in [4.78, 5) is 28.8. The average Bonchev–Trinajstić information content (AvgIpc) is 2.92. The summed E-state index contributed by atoms with van der Waals surface area (Å²) in [5, 5.41) is 3.51. The lowest BCUT2D eigenvalue weighted by atomic mass is 10.1. The molecule has 1 N–H and O–H groups in total. The largest absolute Gasteiger partial charge is 0.497 e. The van der Waals surface area contributed by atoms with Gasteiger partial charge in [0.25, 0.3) is 10.0 Å². The van der Waals surface area contributed by atoms with E-state index in [-0.39, 0.29) is 35.5 Å². The van der Waals surface area contributed by atoms with Gasteiger partial charge in [0.05, 0.1) is 17.7 Å². The molecular weight excluding hydrogens is 585 g/mol. The van der Waals surface area contributed by atoms with Crippen LogP contribution in [0.5, 0.6) is 5.75 Å². The quantitative estimate of drug-likeness (QED) is 0.275. The smallest absolute Gasteiger partial charge is 0.264 e. The Morgan fingerprint density at radius 3 is 2.15 bits per heavy atom. The van der Waals surface area contributed by atoms with Crippen LogP contribution in [0.25, 0.3) is 0 Å². The third kappa shape index (κ3) is 7.93. The Labute approximate surface area is 252 Å². The number of hydrogen-bond acceptors (Lipinski definition) is 5. The second kappa shape index (κ2) is 14.1. The fourth-order valence-corrected chi connectivity index (χ4v) is 6.21. The fraction of sp³-hybridized carbons (Fsp3) is 0.333. The first-order valence-corrected chi connectivity index (χ1v) is 15.3. The molecule has 0 spiro atoms. The maximum Gasteiger partial charge on any atom is 0.264 e. The molecule has 0 aliphatic carbocycles. The van der Waals surface area contributed by atoms with Crippen molar-refractivity contribution in [3.05, 3.63) is 87.9 Å². The lowest BCUT2D eigenvalue weighted by molar-refractivity contribution is -0.140. The number of ether oxygens (including phenoxy) is 1. The van der Waals surface area contributed by atoms with Crippen LogP contribution in [0.15, 0.2) is 71.6 Å². The summed E-state index contributed by atoms with van der Waals surface area (Å²) in [6.45, 7) is 6.59. The first kappa shape index (κ1) is 32.2. The molecule has 11 heteroatoms. The van der Waals surface area contributed by atoms with Gasteiger partial charge in [-0.15, -0.1) is 0 Å². The number of nitrogens with one attached hydrogen (secondary N) is 1. The topological polar surface area (TPSA) is 96.0 Å². The van der Waals surface area contributed by atoms with E-state index in [2.05, 4.69) is 5.32 Å². The Morgan fingerprint density at radius 1 is 0.976 bits per heavy atom. The van der Waals surface area contributed by atoms with Crippen LogP contribution in [0.4, 0.5) is 5.69 Å². The van der Waals surface area contributed by atoms with Crippen molar-refractivity contribution in [2.24, 2.45) is 0 Å². The molecule has 0 fully saturated rings. The SMILES string of the molecule is CC[C@@H](C(=O)NC(C)C)N(Cc1c(Cl)cccc1Cl)C(=O)CN(c1cccc(OC)c1)S(=O)(=O)c1ccc(C)cc1. The number of anilines is 1. The van der Waals surface area contributed by atoms with Gasteiger partial charge in [-0.25, -0.2) is 8.42 Å². The molecule has 8 nitrogen and oxygen atoms in total. The maximum atomic E-state index is 14.2. The Balaban J connectivity index is 2.12. The van der Waals surface area contributed by atoms with Crippen LogP contribution in [0.3, 0.4) is 0 Å². The zero-order valence-corrected chi connectivity index (χ0v) is 26.1. The van der Waals surface area contributed by atoms with Crippen molar-refractivity contribution in [3.63, 3.8) is 0 Å². The van der Waals surface area contributed by atoms with Crippen molar-refractivity contribution >= 4 is 50.7 Å². The summed E-state index contributed by atoms with van der Waals surface area (Å²) in [5.74, 6) is -0.555. The van der Waals surface area contributed by atoms with Gasteiger partial charge in [0.15, 0.2) is 0 Å². The van der Waals surface area contributed by atoms with Crippen LogP contribution in [0.1, 0.15) is 38.3 Å². The number of aryl methyl sites for hydroxylation is 1. The van der Waals surface area contributed by atoms with E-state index in [9.17, 15) is 18.0 Å².